The smallest absolute Gasteiger partial charge is 0.115 e. The molecule has 1 nitrogen and oxygen atoms in total. The lowest BCUT2D eigenvalue weighted by Gasteiger charge is -2.13. The Bertz CT molecular complexity index is 523. The van der Waals surface area contributed by atoms with Crippen LogP contribution in [0, 0.1) is 0 Å². The molecule has 0 aliphatic carbocycles. The SMILES string of the molecule is C=CCCc1ccc(C(C)c2ccc(O)cc2)cc1. The minimum atomic E-state index is 0.315. The van der Waals surface area contributed by atoms with E-state index < -0.39 is 0 Å². The van der Waals surface area contributed by atoms with E-state index in [1.807, 2.05) is 18.2 Å². The fraction of sp³-hybridized carbons (Fsp3) is 0.222. The fourth-order valence-corrected chi connectivity index (χ4v) is 2.20. The van der Waals surface area contributed by atoms with Crippen LogP contribution in [0.3, 0.4) is 0 Å². The minimum absolute atomic E-state index is 0.315. The van der Waals surface area contributed by atoms with E-state index in [0.29, 0.717) is 11.7 Å². The van der Waals surface area contributed by atoms with Crippen molar-refractivity contribution in [3.63, 3.8) is 0 Å². The second-order valence-electron chi connectivity index (χ2n) is 4.88. The highest BCUT2D eigenvalue weighted by atomic mass is 16.3. The summed E-state index contributed by atoms with van der Waals surface area (Å²) in [6.45, 7) is 5.93. The van der Waals surface area contributed by atoms with Crippen molar-refractivity contribution >= 4 is 0 Å². The van der Waals surface area contributed by atoms with Gasteiger partial charge in [-0.15, -0.1) is 6.58 Å². The number of aromatic hydroxyl groups is 1. The molecule has 0 amide bonds. The highest BCUT2D eigenvalue weighted by Gasteiger charge is 2.08. The van der Waals surface area contributed by atoms with Crippen LogP contribution in [-0.2, 0) is 6.42 Å². The second-order valence-corrected chi connectivity index (χ2v) is 4.88. The molecule has 0 aliphatic heterocycles. The van der Waals surface area contributed by atoms with Crippen LogP contribution in [0.5, 0.6) is 5.75 Å². The third kappa shape index (κ3) is 3.47. The maximum Gasteiger partial charge on any atom is 0.115 e. The molecule has 0 radical (unpaired) electrons. The van der Waals surface area contributed by atoms with E-state index in [1.54, 1.807) is 12.1 Å². The van der Waals surface area contributed by atoms with Crippen molar-refractivity contribution in [2.75, 3.05) is 0 Å². The van der Waals surface area contributed by atoms with E-state index in [9.17, 15) is 5.11 Å². The average Bonchev–Trinajstić information content (AvgIpc) is 2.46. The largest absolute Gasteiger partial charge is 0.508 e. The zero-order chi connectivity index (χ0) is 13.7. The van der Waals surface area contributed by atoms with Crippen molar-refractivity contribution in [1.29, 1.82) is 0 Å². The highest BCUT2D eigenvalue weighted by Crippen LogP contribution is 2.25. The van der Waals surface area contributed by atoms with Crippen molar-refractivity contribution in [3.05, 3.63) is 77.9 Å². The monoisotopic (exact) mass is 252 g/mol. The van der Waals surface area contributed by atoms with Gasteiger partial charge in [-0.3, -0.25) is 0 Å². The van der Waals surface area contributed by atoms with Crippen molar-refractivity contribution in [2.24, 2.45) is 0 Å². The molecule has 2 aromatic carbocycles. The van der Waals surface area contributed by atoms with Crippen LogP contribution >= 0.6 is 0 Å². The lowest BCUT2D eigenvalue weighted by Crippen LogP contribution is -1.96. The molecule has 1 heteroatoms. The third-order valence-corrected chi connectivity index (χ3v) is 3.51. The van der Waals surface area contributed by atoms with Gasteiger partial charge in [0.15, 0.2) is 0 Å². The molecule has 0 saturated heterocycles. The molecule has 0 spiro atoms. The molecule has 19 heavy (non-hydrogen) atoms. The summed E-state index contributed by atoms with van der Waals surface area (Å²) >= 11 is 0. The summed E-state index contributed by atoms with van der Waals surface area (Å²) in [5.74, 6) is 0.657. The van der Waals surface area contributed by atoms with Gasteiger partial charge in [0.1, 0.15) is 5.75 Å². The van der Waals surface area contributed by atoms with E-state index in [-0.39, 0.29) is 0 Å². The average molecular weight is 252 g/mol. The topological polar surface area (TPSA) is 20.2 Å². The van der Waals surface area contributed by atoms with Crippen molar-refractivity contribution in [1.82, 2.24) is 0 Å². The summed E-state index contributed by atoms with van der Waals surface area (Å²) in [6, 6.07) is 16.2. The molecule has 2 rings (SSSR count). The van der Waals surface area contributed by atoms with E-state index >= 15 is 0 Å². The Labute approximate surface area is 115 Å². The molecule has 1 N–H and O–H groups in total. The standard InChI is InChI=1S/C18H20O/c1-3-4-5-15-6-8-16(9-7-15)14(2)17-10-12-18(19)13-11-17/h3,6-14,19H,1,4-5H2,2H3. The Morgan fingerprint density at radius 1 is 1.00 bits per heavy atom. The molecule has 0 aromatic heterocycles. The highest BCUT2D eigenvalue weighted by molar-refractivity contribution is 5.36. The second kappa shape index (κ2) is 6.24. The Morgan fingerprint density at radius 2 is 1.53 bits per heavy atom. The summed E-state index contributed by atoms with van der Waals surface area (Å²) in [5.41, 5.74) is 3.87. The first-order valence-electron chi connectivity index (χ1n) is 6.69. The first-order valence-corrected chi connectivity index (χ1v) is 6.69. The molecule has 1 unspecified atom stereocenters. The van der Waals surface area contributed by atoms with Crippen LogP contribution < -0.4 is 0 Å². The predicted octanol–water partition coefficient (Wildman–Crippen LogP) is 4.66. The summed E-state index contributed by atoms with van der Waals surface area (Å²) < 4.78 is 0. The maximum absolute atomic E-state index is 9.32. The Morgan fingerprint density at radius 3 is 2.05 bits per heavy atom. The quantitative estimate of drug-likeness (QED) is 0.767. The number of allylic oxidation sites excluding steroid dienone is 1. The van der Waals surface area contributed by atoms with Gasteiger partial charge in [-0.25, -0.2) is 0 Å². The molecule has 1 atom stereocenters. The normalized spacial score (nSPS) is 12.1. The van der Waals surface area contributed by atoms with Crippen LogP contribution in [0.2, 0.25) is 0 Å². The zero-order valence-corrected chi connectivity index (χ0v) is 11.3. The molecular formula is C18H20O. The molecule has 0 heterocycles. The van der Waals surface area contributed by atoms with Gasteiger partial charge < -0.3 is 5.11 Å². The number of phenols is 1. The molecule has 0 bridgehead atoms. The fourth-order valence-electron chi connectivity index (χ4n) is 2.20. The first-order chi connectivity index (χ1) is 9.20. The van der Waals surface area contributed by atoms with Gasteiger partial charge >= 0.3 is 0 Å². The number of phenolic OH excluding ortho intramolecular Hbond substituents is 1. The third-order valence-electron chi connectivity index (χ3n) is 3.51. The van der Waals surface area contributed by atoms with Gasteiger partial charge in [0.25, 0.3) is 0 Å². The minimum Gasteiger partial charge on any atom is -0.508 e. The van der Waals surface area contributed by atoms with E-state index in [4.69, 9.17) is 0 Å². The Kier molecular flexibility index (Phi) is 4.40. The first kappa shape index (κ1) is 13.4. The molecule has 0 saturated carbocycles. The lowest BCUT2D eigenvalue weighted by molar-refractivity contribution is 0.475. The van der Waals surface area contributed by atoms with Crippen LogP contribution in [0.1, 0.15) is 36.0 Å². The summed E-state index contributed by atoms with van der Waals surface area (Å²) in [4.78, 5) is 0. The van der Waals surface area contributed by atoms with E-state index in [0.717, 1.165) is 12.8 Å². The summed E-state index contributed by atoms with van der Waals surface area (Å²) in [5, 5.41) is 9.32. The summed E-state index contributed by atoms with van der Waals surface area (Å²) in [7, 11) is 0. The predicted molar refractivity (Wildman–Crippen MR) is 80.6 cm³/mol. The maximum atomic E-state index is 9.32. The molecule has 0 fully saturated rings. The van der Waals surface area contributed by atoms with Crippen molar-refractivity contribution in [3.8, 4) is 5.75 Å². The molecule has 98 valence electrons. The van der Waals surface area contributed by atoms with Gasteiger partial charge in [-0.05, 0) is 41.7 Å². The van der Waals surface area contributed by atoms with E-state index in [2.05, 4.69) is 37.8 Å². The summed E-state index contributed by atoms with van der Waals surface area (Å²) in [6.07, 6.45) is 4.03. The van der Waals surface area contributed by atoms with Gasteiger partial charge in [0.05, 0.1) is 0 Å². The zero-order valence-electron chi connectivity index (χ0n) is 11.3. The van der Waals surface area contributed by atoms with Crippen LogP contribution in [-0.4, -0.2) is 5.11 Å². The van der Waals surface area contributed by atoms with Crippen LogP contribution in [0.15, 0.2) is 61.2 Å². The van der Waals surface area contributed by atoms with Gasteiger partial charge in [0, 0.05) is 5.92 Å². The molecule has 2 aromatic rings. The number of rotatable bonds is 5. The van der Waals surface area contributed by atoms with Crippen molar-refractivity contribution < 1.29 is 5.11 Å². The lowest BCUT2D eigenvalue weighted by atomic mass is 9.92. The number of hydrogen-bond acceptors (Lipinski definition) is 1. The molecular weight excluding hydrogens is 232 g/mol. The van der Waals surface area contributed by atoms with Gasteiger partial charge in [-0.2, -0.15) is 0 Å². The van der Waals surface area contributed by atoms with Gasteiger partial charge in [-0.1, -0.05) is 49.4 Å². The Balaban J connectivity index is 2.12. The molecule has 0 aliphatic rings. The van der Waals surface area contributed by atoms with Crippen molar-refractivity contribution in [2.45, 2.75) is 25.7 Å². The number of aryl methyl sites for hydroxylation is 1. The van der Waals surface area contributed by atoms with Crippen LogP contribution in [0.25, 0.3) is 0 Å². The van der Waals surface area contributed by atoms with E-state index in [1.165, 1.54) is 16.7 Å². The number of hydrogen-bond donors (Lipinski definition) is 1. The van der Waals surface area contributed by atoms with Crippen LogP contribution in [0.4, 0.5) is 0 Å². The number of benzene rings is 2. The van der Waals surface area contributed by atoms with Gasteiger partial charge in [0.2, 0.25) is 0 Å². The Hall–Kier alpha value is -2.02.